The normalized spacial score (nSPS) is 11.5. The molecule has 2 nitrogen and oxygen atoms in total. The molecular formula is C20H36O2. The van der Waals surface area contributed by atoms with E-state index in [1.165, 1.54) is 71.1 Å². The summed E-state index contributed by atoms with van der Waals surface area (Å²) in [6.07, 6.45) is 24.4. The average molecular weight is 309 g/mol. The summed E-state index contributed by atoms with van der Waals surface area (Å²) in [6.45, 7) is 4.06. The zero-order valence-electron chi connectivity index (χ0n) is 14.8. The molecule has 0 saturated heterocycles. The van der Waals surface area contributed by atoms with Crippen LogP contribution in [0.1, 0.15) is 90.9 Å². The van der Waals surface area contributed by atoms with Gasteiger partial charge in [-0.2, -0.15) is 0 Å². The molecule has 2 heteroatoms. The van der Waals surface area contributed by atoms with Gasteiger partial charge in [0.2, 0.25) is 0 Å². The van der Waals surface area contributed by atoms with E-state index in [2.05, 4.69) is 31.2 Å². The molecule has 0 atom stereocenters. The monoisotopic (exact) mass is 308 g/mol. The minimum atomic E-state index is -0.189. The third-order valence-electron chi connectivity index (χ3n) is 3.73. The first kappa shape index (κ1) is 20.9. The number of esters is 1. The van der Waals surface area contributed by atoms with Gasteiger partial charge in [-0.05, 0) is 39.0 Å². The molecule has 0 N–H and O–H groups in total. The number of allylic oxidation sites excluding steroid dienone is 3. The summed E-state index contributed by atoms with van der Waals surface area (Å²) in [4.78, 5) is 10.6. The predicted molar refractivity (Wildman–Crippen MR) is 96.0 cm³/mol. The van der Waals surface area contributed by atoms with Crippen LogP contribution >= 0.6 is 0 Å². The Morgan fingerprint density at radius 3 is 1.68 bits per heavy atom. The van der Waals surface area contributed by atoms with Crippen LogP contribution in [0.4, 0.5) is 0 Å². The van der Waals surface area contributed by atoms with E-state index in [9.17, 15) is 4.79 Å². The highest BCUT2D eigenvalue weighted by Gasteiger charge is 1.92. The SMILES string of the molecule is C/C=C\CCCCCCCCCCC/C=C\CCOC(C)=O. The number of hydrogen-bond donors (Lipinski definition) is 0. The van der Waals surface area contributed by atoms with Crippen LogP contribution in [-0.2, 0) is 9.53 Å². The molecule has 0 aromatic heterocycles. The van der Waals surface area contributed by atoms with E-state index in [0.29, 0.717) is 6.61 Å². The lowest BCUT2D eigenvalue weighted by Crippen LogP contribution is -1.98. The van der Waals surface area contributed by atoms with Gasteiger partial charge in [0.1, 0.15) is 0 Å². The van der Waals surface area contributed by atoms with Crippen molar-refractivity contribution >= 4 is 5.97 Å². The van der Waals surface area contributed by atoms with E-state index in [1.54, 1.807) is 0 Å². The molecule has 0 aliphatic heterocycles. The Morgan fingerprint density at radius 1 is 0.727 bits per heavy atom. The largest absolute Gasteiger partial charge is 0.466 e. The van der Waals surface area contributed by atoms with Crippen molar-refractivity contribution in [2.75, 3.05) is 6.61 Å². The highest BCUT2D eigenvalue weighted by molar-refractivity contribution is 5.65. The van der Waals surface area contributed by atoms with Crippen molar-refractivity contribution in [1.82, 2.24) is 0 Å². The molecule has 0 amide bonds. The van der Waals surface area contributed by atoms with Gasteiger partial charge in [0, 0.05) is 6.92 Å². The zero-order chi connectivity index (χ0) is 16.3. The van der Waals surface area contributed by atoms with E-state index in [-0.39, 0.29) is 5.97 Å². The van der Waals surface area contributed by atoms with Crippen LogP contribution in [0.25, 0.3) is 0 Å². The molecule has 0 heterocycles. The lowest BCUT2D eigenvalue weighted by Gasteiger charge is -2.01. The van der Waals surface area contributed by atoms with E-state index in [0.717, 1.165) is 12.8 Å². The smallest absolute Gasteiger partial charge is 0.302 e. The van der Waals surface area contributed by atoms with E-state index >= 15 is 0 Å². The summed E-state index contributed by atoms with van der Waals surface area (Å²) in [5.74, 6) is -0.189. The minimum Gasteiger partial charge on any atom is -0.466 e. The lowest BCUT2D eigenvalue weighted by molar-refractivity contribution is -0.140. The maximum atomic E-state index is 10.6. The van der Waals surface area contributed by atoms with Crippen LogP contribution in [-0.4, -0.2) is 12.6 Å². The Balaban J connectivity index is 3.08. The number of carbonyl (C=O) groups excluding carboxylic acids is 1. The summed E-state index contributed by atoms with van der Waals surface area (Å²) >= 11 is 0. The van der Waals surface area contributed by atoms with Gasteiger partial charge >= 0.3 is 5.97 Å². The molecule has 0 unspecified atom stereocenters. The number of rotatable bonds is 15. The summed E-state index contributed by atoms with van der Waals surface area (Å²) < 4.78 is 4.87. The molecular weight excluding hydrogens is 272 g/mol. The molecule has 22 heavy (non-hydrogen) atoms. The Bertz CT molecular complexity index is 292. The molecule has 0 radical (unpaired) electrons. The van der Waals surface area contributed by atoms with Crippen LogP contribution < -0.4 is 0 Å². The number of unbranched alkanes of at least 4 members (excludes halogenated alkanes) is 10. The molecule has 0 aliphatic rings. The van der Waals surface area contributed by atoms with Crippen LogP contribution in [0, 0.1) is 0 Å². The maximum absolute atomic E-state index is 10.6. The van der Waals surface area contributed by atoms with Gasteiger partial charge in [-0.25, -0.2) is 0 Å². The highest BCUT2D eigenvalue weighted by atomic mass is 16.5. The summed E-state index contributed by atoms with van der Waals surface area (Å²) in [6, 6.07) is 0. The number of hydrogen-bond acceptors (Lipinski definition) is 2. The van der Waals surface area contributed by atoms with Crippen LogP contribution in [0.15, 0.2) is 24.3 Å². The minimum absolute atomic E-state index is 0.189. The summed E-state index contributed by atoms with van der Waals surface area (Å²) in [7, 11) is 0. The van der Waals surface area contributed by atoms with Crippen LogP contribution in [0.2, 0.25) is 0 Å². The van der Waals surface area contributed by atoms with Crippen LogP contribution in [0.5, 0.6) is 0 Å². The molecule has 0 saturated carbocycles. The predicted octanol–water partition coefficient (Wildman–Crippen LogP) is 6.36. The fourth-order valence-electron chi connectivity index (χ4n) is 2.43. The van der Waals surface area contributed by atoms with Crippen molar-refractivity contribution in [2.24, 2.45) is 0 Å². The standard InChI is InChI=1S/C20H36O2/c1-3-4-5-6-7-8-9-10-11-12-13-14-15-16-17-18-19-22-20(2)21/h3-4,16-17H,5-15,18-19H2,1-2H3/b4-3-,17-16-. The Hall–Kier alpha value is -1.05. The molecule has 0 aromatic rings. The van der Waals surface area contributed by atoms with E-state index < -0.39 is 0 Å². The lowest BCUT2D eigenvalue weighted by atomic mass is 10.1. The summed E-state index contributed by atoms with van der Waals surface area (Å²) in [5.41, 5.74) is 0. The van der Waals surface area contributed by atoms with E-state index in [4.69, 9.17) is 4.74 Å². The second kappa shape index (κ2) is 18.0. The van der Waals surface area contributed by atoms with Crippen molar-refractivity contribution < 1.29 is 9.53 Å². The average Bonchev–Trinajstić information content (AvgIpc) is 2.50. The third kappa shape index (κ3) is 18.9. The number of ether oxygens (including phenoxy) is 1. The topological polar surface area (TPSA) is 26.3 Å². The van der Waals surface area contributed by atoms with Gasteiger partial charge in [-0.3, -0.25) is 4.79 Å². The molecule has 0 rings (SSSR count). The first-order valence-electron chi connectivity index (χ1n) is 9.17. The maximum Gasteiger partial charge on any atom is 0.302 e. The molecule has 0 fully saturated rings. The van der Waals surface area contributed by atoms with Gasteiger partial charge in [-0.15, -0.1) is 0 Å². The highest BCUT2D eigenvalue weighted by Crippen LogP contribution is 2.11. The summed E-state index contributed by atoms with van der Waals surface area (Å²) in [5, 5.41) is 0. The fraction of sp³-hybridized carbons (Fsp3) is 0.750. The quantitative estimate of drug-likeness (QED) is 0.200. The van der Waals surface area contributed by atoms with Gasteiger partial charge in [0.15, 0.2) is 0 Å². The zero-order valence-corrected chi connectivity index (χ0v) is 14.8. The molecule has 0 aromatic carbocycles. The molecule has 0 spiro atoms. The fourth-order valence-corrected chi connectivity index (χ4v) is 2.43. The molecule has 0 bridgehead atoms. The second-order valence-electron chi connectivity index (χ2n) is 5.93. The first-order chi connectivity index (χ1) is 10.8. The van der Waals surface area contributed by atoms with Crippen molar-refractivity contribution in [3.8, 4) is 0 Å². The Kier molecular flexibility index (Phi) is 17.1. The Labute approximate surface area is 138 Å². The first-order valence-corrected chi connectivity index (χ1v) is 9.17. The van der Waals surface area contributed by atoms with Crippen LogP contribution in [0.3, 0.4) is 0 Å². The van der Waals surface area contributed by atoms with Crippen molar-refractivity contribution in [3.63, 3.8) is 0 Å². The molecule has 128 valence electrons. The van der Waals surface area contributed by atoms with E-state index in [1.807, 2.05) is 0 Å². The Morgan fingerprint density at radius 2 is 1.18 bits per heavy atom. The molecule has 0 aliphatic carbocycles. The van der Waals surface area contributed by atoms with Gasteiger partial charge in [-0.1, -0.05) is 69.2 Å². The van der Waals surface area contributed by atoms with Gasteiger partial charge in [0.25, 0.3) is 0 Å². The second-order valence-corrected chi connectivity index (χ2v) is 5.93. The van der Waals surface area contributed by atoms with Crippen molar-refractivity contribution in [3.05, 3.63) is 24.3 Å². The third-order valence-corrected chi connectivity index (χ3v) is 3.73. The number of carbonyl (C=O) groups is 1. The van der Waals surface area contributed by atoms with Gasteiger partial charge in [0.05, 0.1) is 6.61 Å². The van der Waals surface area contributed by atoms with Crippen molar-refractivity contribution in [2.45, 2.75) is 90.9 Å². The van der Waals surface area contributed by atoms with Crippen molar-refractivity contribution in [1.29, 1.82) is 0 Å². The van der Waals surface area contributed by atoms with Gasteiger partial charge < -0.3 is 4.74 Å².